The third-order valence-electron chi connectivity index (χ3n) is 3.85. The van der Waals surface area contributed by atoms with E-state index in [1.807, 2.05) is 25.9 Å². The van der Waals surface area contributed by atoms with Gasteiger partial charge in [-0.3, -0.25) is 0 Å². The molecule has 0 spiro atoms. The van der Waals surface area contributed by atoms with Gasteiger partial charge in [0.15, 0.2) is 11.6 Å². The second kappa shape index (κ2) is 8.73. The summed E-state index contributed by atoms with van der Waals surface area (Å²) >= 11 is 3.16. The predicted octanol–water partition coefficient (Wildman–Crippen LogP) is 3.14. The Labute approximate surface area is 151 Å². The number of furan rings is 1. The van der Waals surface area contributed by atoms with Crippen LogP contribution in [0.3, 0.4) is 0 Å². The molecule has 0 saturated carbocycles. The molecule has 0 aromatic carbocycles. The first-order valence-electron chi connectivity index (χ1n) is 8.34. The molecule has 1 aliphatic heterocycles. The summed E-state index contributed by atoms with van der Waals surface area (Å²) in [6.07, 6.45) is 2.51. The summed E-state index contributed by atoms with van der Waals surface area (Å²) in [6, 6.07) is 4.15. The molecule has 1 aliphatic rings. The number of thioether (sulfide) groups is 1. The molecule has 0 unspecified atom stereocenters. The van der Waals surface area contributed by atoms with Crippen molar-refractivity contribution in [2.24, 2.45) is 0 Å². The van der Waals surface area contributed by atoms with E-state index in [0.29, 0.717) is 0 Å². The summed E-state index contributed by atoms with van der Waals surface area (Å²) in [7, 11) is 4.10. The average molecular weight is 368 g/mol. The highest BCUT2D eigenvalue weighted by Crippen LogP contribution is 2.26. The summed E-state index contributed by atoms with van der Waals surface area (Å²) in [4.78, 5) is 4.44. The van der Waals surface area contributed by atoms with Crippen LogP contribution >= 0.6 is 23.5 Å². The predicted molar refractivity (Wildman–Crippen MR) is 102 cm³/mol. The Kier molecular flexibility index (Phi) is 6.39. The van der Waals surface area contributed by atoms with Crippen molar-refractivity contribution in [1.29, 1.82) is 0 Å². The van der Waals surface area contributed by atoms with Crippen molar-refractivity contribution >= 4 is 35.1 Å². The summed E-state index contributed by atoms with van der Waals surface area (Å²) < 4.78 is 14.7. The monoisotopic (exact) mass is 367 g/mol. The van der Waals surface area contributed by atoms with Gasteiger partial charge in [-0.05, 0) is 39.1 Å². The van der Waals surface area contributed by atoms with Crippen molar-refractivity contribution in [1.82, 2.24) is 13.6 Å². The van der Waals surface area contributed by atoms with Crippen molar-refractivity contribution < 1.29 is 4.42 Å². The SMILES string of the molecule is CN(C)Cc1ccc(CSCCNc2nsnc2N2CCCC2)o1. The molecule has 0 atom stereocenters. The number of hydrogen-bond acceptors (Lipinski definition) is 8. The van der Waals surface area contributed by atoms with E-state index >= 15 is 0 Å². The lowest BCUT2D eigenvalue weighted by molar-refractivity contribution is 0.344. The lowest BCUT2D eigenvalue weighted by atomic mass is 10.4. The van der Waals surface area contributed by atoms with Crippen LogP contribution in [0.15, 0.2) is 16.5 Å². The number of rotatable bonds is 9. The van der Waals surface area contributed by atoms with Crippen LogP contribution in [0.1, 0.15) is 24.4 Å². The van der Waals surface area contributed by atoms with Gasteiger partial charge in [0.25, 0.3) is 0 Å². The first-order chi connectivity index (χ1) is 11.7. The first-order valence-corrected chi connectivity index (χ1v) is 10.2. The molecule has 3 rings (SSSR count). The van der Waals surface area contributed by atoms with E-state index in [9.17, 15) is 0 Å². The fraction of sp³-hybridized carbons (Fsp3) is 0.625. The number of anilines is 2. The van der Waals surface area contributed by atoms with E-state index < -0.39 is 0 Å². The second-order valence-corrected chi connectivity index (χ2v) is 7.85. The normalized spacial score (nSPS) is 14.7. The molecule has 132 valence electrons. The Morgan fingerprint density at radius 3 is 2.83 bits per heavy atom. The lowest BCUT2D eigenvalue weighted by Gasteiger charge is -2.15. The summed E-state index contributed by atoms with van der Waals surface area (Å²) in [5.74, 6) is 5.96. The van der Waals surface area contributed by atoms with Gasteiger partial charge in [-0.25, -0.2) is 0 Å². The molecule has 0 aliphatic carbocycles. The molecule has 0 radical (unpaired) electrons. The van der Waals surface area contributed by atoms with Crippen LogP contribution in [-0.4, -0.2) is 53.1 Å². The second-order valence-electron chi connectivity index (χ2n) is 6.22. The van der Waals surface area contributed by atoms with Crippen molar-refractivity contribution in [2.45, 2.75) is 25.1 Å². The Bertz CT molecular complexity index is 622. The van der Waals surface area contributed by atoms with Gasteiger partial charge >= 0.3 is 0 Å². The van der Waals surface area contributed by atoms with Crippen LogP contribution in [-0.2, 0) is 12.3 Å². The van der Waals surface area contributed by atoms with Gasteiger partial charge in [0.05, 0.1) is 24.0 Å². The van der Waals surface area contributed by atoms with Gasteiger partial charge in [0.1, 0.15) is 11.5 Å². The molecule has 2 aromatic rings. The summed E-state index contributed by atoms with van der Waals surface area (Å²) in [6.45, 7) is 3.94. The van der Waals surface area contributed by atoms with Crippen molar-refractivity contribution in [3.8, 4) is 0 Å². The third-order valence-corrected chi connectivity index (χ3v) is 5.35. The standard InChI is InChI=1S/C16H25N5OS2/c1-20(2)11-13-5-6-14(22-13)12-23-10-7-17-15-16(19-24-18-15)21-8-3-4-9-21/h5-6H,3-4,7-12H2,1-2H3,(H,17,18). The molecule has 0 bridgehead atoms. The van der Waals surface area contributed by atoms with Gasteiger partial charge < -0.3 is 19.5 Å². The maximum Gasteiger partial charge on any atom is 0.186 e. The quantitative estimate of drug-likeness (QED) is 0.683. The molecule has 2 aromatic heterocycles. The first kappa shape index (κ1) is 17.6. The highest BCUT2D eigenvalue weighted by molar-refractivity contribution is 7.98. The van der Waals surface area contributed by atoms with E-state index in [4.69, 9.17) is 4.42 Å². The minimum absolute atomic E-state index is 0.850. The molecule has 0 amide bonds. The maximum absolute atomic E-state index is 5.82. The molecule has 1 fully saturated rings. The van der Waals surface area contributed by atoms with E-state index in [1.165, 1.54) is 24.6 Å². The van der Waals surface area contributed by atoms with Gasteiger partial charge in [0.2, 0.25) is 0 Å². The average Bonchev–Trinajstić information content (AvgIpc) is 3.27. The Morgan fingerprint density at radius 1 is 1.25 bits per heavy atom. The van der Waals surface area contributed by atoms with Crippen LogP contribution in [0.2, 0.25) is 0 Å². The molecule has 3 heterocycles. The smallest absolute Gasteiger partial charge is 0.186 e. The molecule has 1 saturated heterocycles. The molecule has 1 N–H and O–H groups in total. The van der Waals surface area contributed by atoms with Gasteiger partial charge in [-0.2, -0.15) is 20.5 Å². The number of aromatic nitrogens is 2. The van der Waals surface area contributed by atoms with Crippen LogP contribution in [0.4, 0.5) is 11.6 Å². The number of hydrogen-bond donors (Lipinski definition) is 1. The zero-order chi connectivity index (χ0) is 16.8. The lowest BCUT2D eigenvalue weighted by Crippen LogP contribution is -2.20. The fourth-order valence-corrected chi connectivity index (χ4v) is 4.04. The van der Waals surface area contributed by atoms with E-state index in [2.05, 4.69) is 36.0 Å². The van der Waals surface area contributed by atoms with Crippen molar-refractivity contribution in [3.63, 3.8) is 0 Å². The van der Waals surface area contributed by atoms with Crippen LogP contribution in [0.5, 0.6) is 0 Å². The van der Waals surface area contributed by atoms with E-state index in [0.717, 1.165) is 60.8 Å². The zero-order valence-electron chi connectivity index (χ0n) is 14.3. The Morgan fingerprint density at radius 2 is 2.04 bits per heavy atom. The largest absolute Gasteiger partial charge is 0.464 e. The Hall–Kier alpha value is -1.25. The van der Waals surface area contributed by atoms with Crippen LogP contribution < -0.4 is 10.2 Å². The molecule has 24 heavy (non-hydrogen) atoms. The Balaban J connectivity index is 1.37. The maximum atomic E-state index is 5.82. The molecule has 6 nitrogen and oxygen atoms in total. The van der Waals surface area contributed by atoms with Crippen LogP contribution in [0.25, 0.3) is 0 Å². The van der Waals surface area contributed by atoms with Gasteiger partial charge in [-0.15, -0.1) is 0 Å². The summed E-state index contributed by atoms with van der Waals surface area (Å²) in [5.41, 5.74) is 0. The highest BCUT2D eigenvalue weighted by Gasteiger charge is 2.19. The highest BCUT2D eigenvalue weighted by atomic mass is 32.2. The van der Waals surface area contributed by atoms with E-state index in [-0.39, 0.29) is 0 Å². The fourth-order valence-electron chi connectivity index (χ4n) is 2.74. The van der Waals surface area contributed by atoms with Crippen molar-refractivity contribution in [3.05, 3.63) is 23.7 Å². The van der Waals surface area contributed by atoms with Gasteiger partial charge in [-0.1, -0.05) is 0 Å². The number of nitrogens with one attached hydrogen (secondary N) is 1. The minimum Gasteiger partial charge on any atom is -0.464 e. The minimum atomic E-state index is 0.850. The number of nitrogens with zero attached hydrogens (tertiary/aromatic N) is 4. The third kappa shape index (κ3) is 4.87. The van der Waals surface area contributed by atoms with Crippen LogP contribution in [0, 0.1) is 0 Å². The van der Waals surface area contributed by atoms with Gasteiger partial charge in [0, 0.05) is 25.4 Å². The summed E-state index contributed by atoms with van der Waals surface area (Å²) in [5, 5.41) is 3.42. The molecular formula is C16H25N5OS2. The topological polar surface area (TPSA) is 57.4 Å². The van der Waals surface area contributed by atoms with E-state index in [1.54, 1.807) is 0 Å². The molecular weight excluding hydrogens is 342 g/mol. The van der Waals surface area contributed by atoms with Crippen molar-refractivity contribution in [2.75, 3.05) is 49.7 Å². The molecule has 8 heteroatoms. The zero-order valence-corrected chi connectivity index (χ0v) is 16.0.